The second-order valence-corrected chi connectivity index (χ2v) is 7.90. The van der Waals surface area contributed by atoms with E-state index < -0.39 is 23.6 Å². The molecule has 186 valence electrons. The van der Waals surface area contributed by atoms with Gasteiger partial charge in [0, 0.05) is 47.9 Å². The van der Waals surface area contributed by atoms with Crippen molar-refractivity contribution in [2.24, 2.45) is 16.5 Å². The number of carbonyl (C=O) groups is 1. The number of nitrogens with two attached hydrogens (primary N) is 2. The van der Waals surface area contributed by atoms with Crippen molar-refractivity contribution in [3.05, 3.63) is 59.9 Å². The van der Waals surface area contributed by atoms with Crippen LogP contribution in [0.3, 0.4) is 0 Å². The summed E-state index contributed by atoms with van der Waals surface area (Å²) in [4.78, 5) is 27.4. The third-order valence-corrected chi connectivity index (χ3v) is 5.30. The van der Waals surface area contributed by atoms with E-state index in [0.29, 0.717) is 56.9 Å². The Morgan fingerprint density at radius 1 is 1.19 bits per heavy atom. The normalized spacial score (nSPS) is 12.6. The minimum absolute atomic E-state index is 0.0652. The van der Waals surface area contributed by atoms with E-state index in [2.05, 4.69) is 25.3 Å². The lowest BCUT2D eigenvalue weighted by atomic mass is 10.0. The molecular formula is C24H21F4N7O. The maximum absolute atomic E-state index is 14.5. The van der Waals surface area contributed by atoms with Crippen molar-refractivity contribution in [2.45, 2.75) is 19.5 Å². The van der Waals surface area contributed by atoms with Crippen molar-refractivity contribution in [1.29, 1.82) is 0 Å². The number of pyridine rings is 2. The second kappa shape index (κ2) is 9.64. The van der Waals surface area contributed by atoms with E-state index in [1.54, 1.807) is 6.07 Å². The molecule has 4 rings (SSSR count). The van der Waals surface area contributed by atoms with Crippen LogP contribution in [0.5, 0.6) is 0 Å². The zero-order valence-corrected chi connectivity index (χ0v) is 18.9. The lowest BCUT2D eigenvalue weighted by molar-refractivity contribution is -0.117. The molecule has 6 N–H and O–H groups in total. The first kappa shape index (κ1) is 24.6. The van der Waals surface area contributed by atoms with Crippen LogP contribution >= 0.6 is 0 Å². The number of hydrogen-bond donors (Lipinski definition) is 4. The minimum Gasteiger partial charge on any atom is -0.395 e. The number of nitrogens with zero attached hydrogens (tertiary/aromatic N) is 3. The summed E-state index contributed by atoms with van der Waals surface area (Å²) in [6.45, 7) is 2.38. The molecule has 3 aromatic heterocycles. The average Bonchev–Trinajstić information content (AvgIpc) is 3.17. The predicted molar refractivity (Wildman–Crippen MR) is 130 cm³/mol. The van der Waals surface area contributed by atoms with E-state index in [-0.39, 0.29) is 12.1 Å². The molecule has 4 aromatic rings. The van der Waals surface area contributed by atoms with Crippen LogP contribution in [0.2, 0.25) is 0 Å². The highest BCUT2D eigenvalue weighted by Gasteiger charge is 2.30. The van der Waals surface area contributed by atoms with Crippen molar-refractivity contribution in [3.63, 3.8) is 0 Å². The molecule has 1 aromatic carbocycles. The van der Waals surface area contributed by atoms with Crippen molar-refractivity contribution in [2.75, 3.05) is 11.9 Å². The first-order valence-electron chi connectivity index (χ1n) is 10.8. The maximum atomic E-state index is 14.5. The van der Waals surface area contributed by atoms with Crippen LogP contribution in [0.25, 0.3) is 33.1 Å². The number of fused-ring (bicyclic) bond motifs is 3. The molecule has 1 amide bonds. The summed E-state index contributed by atoms with van der Waals surface area (Å²) in [6, 6.07) is 4.27. The molecule has 0 fully saturated rings. The zero-order chi connectivity index (χ0) is 26.0. The van der Waals surface area contributed by atoms with Gasteiger partial charge in [-0.25, -0.2) is 9.37 Å². The van der Waals surface area contributed by atoms with Crippen LogP contribution < -0.4 is 16.8 Å². The van der Waals surface area contributed by atoms with E-state index >= 15 is 0 Å². The Labute approximate surface area is 202 Å². The molecule has 0 radical (unpaired) electrons. The van der Waals surface area contributed by atoms with Gasteiger partial charge >= 0.3 is 6.18 Å². The first-order chi connectivity index (χ1) is 17.1. The number of aromatic amines is 1. The van der Waals surface area contributed by atoms with Crippen LogP contribution in [0.15, 0.2) is 53.6 Å². The molecule has 0 saturated carbocycles. The number of rotatable bonds is 7. The van der Waals surface area contributed by atoms with Crippen molar-refractivity contribution in [1.82, 2.24) is 15.0 Å². The van der Waals surface area contributed by atoms with Gasteiger partial charge < -0.3 is 21.8 Å². The van der Waals surface area contributed by atoms with Gasteiger partial charge in [0.05, 0.1) is 28.7 Å². The number of amides is 1. The van der Waals surface area contributed by atoms with Crippen molar-refractivity contribution in [3.8, 4) is 11.1 Å². The number of carbonyl (C=O) groups excluding carboxylic acids is 1. The molecule has 0 spiro atoms. The SMILES string of the molecule is CCNc1cc(F)cc2c1[nH]c1ncc(-c3cncc(CC(N)=O)c3)c(N=CC=C(N)C(F)(F)F)c12. The molecule has 0 aliphatic rings. The molecule has 12 heteroatoms. The highest BCUT2D eigenvalue weighted by atomic mass is 19.4. The standard InChI is InChI=1S/C24H21F4N7O/c1-2-32-17-8-14(25)7-15-20-22(33-4-3-18(29)24(26,27)28)16(11-34-23(20)35-21(15)17)13-5-12(6-19(30)36)9-31-10-13/h3-5,7-11,32H,2,6,29H2,1H3,(H2,30,36)(H,34,35). The summed E-state index contributed by atoms with van der Waals surface area (Å²) in [5, 5.41) is 3.89. The molecule has 0 saturated heterocycles. The Balaban J connectivity index is 2.01. The highest BCUT2D eigenvalue weighted by molar-refractivity contribution is 6.17. The molecule has 0 unspecified atom stereocenters. The van der Waals surface area contributed by atoms with Crippen LogP contribution in [0.1, 0.15) is 12.5 Å². The fourth-order valence-corrected chi connectivity index (χ4v) is 3.80. The Bertz CT molecular complexity index is 1520. The molecule has 0 aliphatic heterocycles. The van der Waals surface area contributed by atoms with Crippen molar-refractivity contribution >= 4 is 45.4 Å². The lowest BCUT2D eigenvalue weighted by Gasteiger charge is -2.09. The molecule has 8 nitrogen and oxygen atoms in total. The van der Waals surface area contributed by atoms with E-state index in [4.69, 9.17) is 11.5 Å². The summed E-state index contributed by atoms with van der Waals surface area (Å²) >= 11 is 0. The van der Waals surface area contributed by atoms with Crippen LogP contribution in [-0.4, -0.2) is 39.8 Å². The van der Waals surface area contributed by atoms with Gasteiger partial charge in [-0.05, 0) is 36.8 Å². The Hall–Kier alpha value is -4.48. The van der Waals surface area contributed by atoms with Crippen LogP contribution in [0, 0.1) is 5.82 Å². The number of anilines is 1. The van der Waals surface area contributed by atoms with Gasteiger partial charge in [-0.1, -0.05) is 0 Å². The smallest absolute Gasteiger partial charge is 0.395 e. The van der Waals surface area contributed by atoms with Gasteiger partial charge in [-0.2, -0.15) is 13.2 Å². The van der Waals surface area contributed by atoms with Gasteiger partial charge in [0.2, 0.25) is 5.91 Å². The molecule has 0 bridgehead atoms. The molecule has 0 atom stereocenters. The summed E-state index contributed by atoms with van der Waals surface area (Å²) in [6.07, 6.45) is 1.20. The van der Waals surface area contributed by atoms with Gasteiger partial charge in [0.25, 0.3) is 0 Å². The number of aliphatic imine (C=N–C) groups is 1. The van der Waals surface area contributed by atoms with Crippen LogP contribution in [0.4, 0.5) is 28.9 Å². The molecular weight excluding hydrogens is 478 g/mol. The fraction of sp³-hybridized carbons (Fsp3) is 0.167. The molecule has 3 heterocycles. The first-order valence-corrected chi connectivity index (χ1v) is 10.8. The number of nitrogens with one attached hydrogen (secondary N) is 2. The highest BCUT2D eigenvalue weighted by Crippen LogP contribution is 2.41. The fourth-order valence-electron chi connectivity index (χ4n) is 3.80. The number of H-pyrrole nitrogens is 1. The summed E-state index contributed by atoms with van der Waals surface area (Å²) in [5.74, 6) is -1.08. The number of benzene rings is 1. The predicted octanol–water partition coefficient (Wildman–Crippen LogP) is 4.48. The Kier molecular flexibility index (Phi) is 6.60. The molecule has 36 heavy (non-hydrogen) atoms. The summed E-state index contributed by atoms with van der Waals surface area (Å²) in [7, 11) is 0. The lowest BCUT2D eigenvalue weighted by Crippen LogP contribution is -2.19. The third kappa shape index (κ3) is 4.97. The number of allylic oxidation sites excluding steroid dienone is 2. The second-order valence-electron chi connectivity index (χ2n) is 7.90. The number of hydrogen-bond acceptors (Lipinski definition) is 6. The number of primary amides is 1. The van der Waals surface area contributed by atoms with E-state index in [0.717, 1.165) is 6.21 Å². The number of aromatic nitrogens is 3. The van der Waals surface area contributed by atoms with Crippen LogP contribution in [-0.2, 0) is 11.2 Å². The van der Waals surface area contributed by atoms with E-state index in [1.807, 2.05) is 6.92 Å². The van der Waals surface area contributed by atoms with Gasteiger partial charge in [0.1, 0.15) is 17.2 Å². The minimum atomic E-state index is -4.72. The Morgan fingerprint density at radius 3 is 2.67 bits per heavy atom. The summed E-state index contributed by atoms with van der Waals surface area (Å²) < 4.78 is 53.2. The van der Waals surface area contributed by atoms with Gasteiger partial charge in [-0.3, -0.25) is 14.8 Å². The third-order valence-electron chi connectivity index (χ3n) is 5.30. The summed E-state index contributed by atoms with van der Waals surface area (Å²) in [5.41, 5.74) is 12.1. The monoisotopic (exact) mass is 499 g/mol. The van der Waals surface area contributed by atoms with Gasteiger partial charge in [0.15, 0.2) is 0 Å². The Morgan fingerprint density at radius 2 is 1.97 bits per heavy atom. The van der Waals surface area contributed by atoms with Crippen molar-refractivity contribution < 1.29 is 22.4 Å². The zero-order valence-electron chi connectivity index (χ0n) is 18.9. The van der Waals surface area contributed by atoms with E-state index in [9.17, 15) is 22.4 Å². The largest absolute Gasteiger partial charge is 0.430 e. The number of alkyl halides is 3. The average molecular weight is 499 g/mol. The quantitative estimate of drug-likeness (QED) is 0.220. The number of halogens is 4. The topological polar surface area (TPSA) is 135 Å². The van der Waals surface area contributed by atoms with Gasteiger partial charge in [-0.15, -0.1) is 0 Å². The molecule has 0 aliphatic carbocycles. The van der Waals surface area contributed by atoms with E-state index in [1.165, 1.54) is 30.7 Å². The maximum Gasteiger partial charge on any atom is 0.430 e.